The fourth-order valence-electron chi connectivity index (χ4n) is 3.62. The van der Waals surface area contributed by atoms with Crippen LogP contribution in [0.25, 0.3) is 0 Å². The second-order valence-electron chi connectivity index (χ2n) is 6.85. The first-order chi connectivity index (χ1) is 10.1. The molecular weight excluding hydrogens is 318 g/mol. The van der Waals surface area contributed by atoms with Crippen LogP contribution in [0.15, 0.2) is 0 Å². The van der Waals surface area contributed by atoms with Gasteiger partial charge in [-0.05, 0) is 0 Å². The molecule has 3 aliphatic rings. The van der Waals surface area contributed by atoms with Crippen molar-refractivity contribution in [1.82, 2.24) is 9.62 Å². The van der Waals surface area contributed by atoms with Gasteiger partial charge in [0.2, 0.25) is 21.9 Å². The highest BCUT2D eigenvalue weighted by molar-refractivity contribution is 7.88. The van der Waals surface area contributed by atoms with E-state index >= 15 is 0 Å². The van der Waals surface area contributed by atoms with E-state index in [1.807, 2.05) is 0 Å². The molecule has 1 amide bonds. The summed E-state index contributed by atoms with van der Waals surface area (Å²) < 4.78 is 56.4. The van der Waals surface area contributed by atoms with Gasteiger partial charge in [-0.15, -0.1) is 0 Å². The molecule has 0 bridgehead atoms. The van der Waals surface area contributed by atoms with Gasteiger partial charge in [-0.2, -0.15) is 0 Å². The van der Waals surface area contributed by atoms with Crippen molar-refractivity contribution in [2.75, 3.05) is 39.1 Å². The lowest BCUT2D eigenvalue weighted by Crippen LogP contribution is -2.48. The van der Waals surface area contributed by atoms with Gasteiger partial charge in [0.1, 0.15) is 0 Å². The van der Waals surface area contributed by atoms with Crippen LogP contribution in [0.1, 0.15) is 12.8 Å². The summed E-state index contributed by atoms with van der Waals surface area (Å²) in [5.74, 6) is -3.51. The maximum Gasteiger partial charge on any atom is 0.249 e. The van der Waals surface area contributed by atoms with Crippen molar-refractivity contribution in [3.05, 3.63) is 0 Å². The van der Waals surface area contributed by atoms with Crippen LogP contribution in [-0.2, 0) is 19.6 Å². The second kappa shape index (κ2) is 5.10. The molecule has 9 heteroatoms. The number of nitrogens with one attached hydrogen (secondary N) is 1. The molecule has 0 aromatic carbocycles. The fraction of sp³-hybridized carbons (Fsp3) is 0.923. The van der Waals surface area contributed by atoms with Crippen molar-refractivity contribution in [1.29, 1.82) is 0 Å². The van der Waals surface area contributed by atoms with Crippen LogP contribution in [0.4, 0.5) is 8.78 Å². The van der Waals surface area contributed by atoms with Gasteiger partial charge in [0.15, 0.2) is 0 Å². The number of hydrogen-bond donors (Lipinski definition) is 1. The summed E-state index contributed by atoms with van der Waals surface area (Å²) in [5, 5.41) is 0. The summed E-state index contributed by atoms with van der Waals surface area (Å²) in [6, 6.07) is 0. The number of fused-ring (bicyclic) bond motifs is 1. The van der Waals surface area contributed by atoms with Crippen molar-refractivity contribution in [2.24, 2.45) is 17.3 Å². The largest absolute Gasteiger partial charge is 0.380 e. The fourth-order valence-corrected chi connectivity index (χ4v) is 4.17. The summed E-state index contributed by atoms with van der Waals surface area (Å²) in [4.78, 5) is 13.9. The quantitative estimate of drug-likeness (QED) is 0.786. The van der Waals surface area contributed by atoms with Gasteiger partial charge in [-0.1, -0.05) is 0 Å². The second-order valence-corrected chi connectivity index (χ2v) is 8.68. The Morgan fingerprint density at radius 2 is 2.09 bits per heavy atom. The van der Waals surface area contributed by atoms with Crippen molar-refractivity contribution in [3.8, 4) is 0 Å². The van der Waals surface area contributed by atoms with Crippen LogP contribution >= 0.6 is 0 Å². The van der Waals surface area contributed by atoms with Gasteiger partial charge in [0, 0.05) is 49.7 Å². The molecule has 1 aliphatic carbocycles. The Morgan fingerprint density at radius 1 is 1.41 bits per heavy atom. The molecule has 0 aromatic rings. The number of likely N-dealkylation sites (tertiary alicyclic amines) is 1. The van der Waals surface area contributed by atoms with Crippen LogP contribution in [0.5, 0.6) is 0 Å². The number of hydrogen-bond acceptors (Lipinski definition) is 4. The minimum absolute atomic E-state index is 0.0475. The van der Waals surface area contributed by atoms with E-state index in [-0.39, 0.29) is 31.2 Å². The Labute approximate surface area is 128 Å². The smallest absolute Gasteiger partial charge is 0.249 e. The van der Waals surface area contributed by atoms with Crippen LogP contribution in [0, 0.1) is 17.3 Å². The highest BCUT2D eigenvalue weighted by Crippen LogP contribution is 2.46. The van der Waals surface area contributed by atoms with E-state index < -0.39 is 27.3 Å². The highest BCUT2D eigenvalue weighted by atomic mass is 32.2. The molecule has 3 rings (SSSR count). The Morgan fingerprint density at radius 3 is 2.68 bits per heavy atom. The van der Waals surface area contributed by atoms with Gasteiger partial charge in [0.05, 0.1) is 19.5 Å². The molecule has 2 saturated heterocycles. The Kier molecular flexibility index (Phi) is 3.73. The van der Waals surface area contributed by atoms with Gasteiger partial charge in [0.25, 0.3) is 0 Å². The molecule has 2 aliphatic heterocycles. The Hall–Kier alpha value is -0.800. The Balaban J connectivity index is 1.65. The lowest BCUT2D eigenvalue weighted by atomic mass is 9.80. The molecule has 1 N–H and O–H groups in total. The first-order valence-electron chi connectivity index (χ1n) is 7.29. The molecule has 1 saturated carbocycles. The third-order valence-electron chi connectivity index (χ3n) is 4.96. The van der Waals surface area contributed by atoms with E-state index in [1.54, 1.807) is 4.90 Å². The third kappa shape index (κ3) is 2.98. The topological polar surface area (TPSA) is 75.7 Å². The normalized spacial score (nSPS) is 34.5. The van der Waals surface area contributed by atoms with E-state index in [9.17, 15) is 22.0 Å². The van der Waals surface area contributed by atoms with Crippen LogP contribution in [0.3, 0.4) is 0 Å². The van der Waals surface area contributed by atoms with E-state index in [4.69, 9.17) is 4.74 Å². The first kappa shape index (κ1) is 16.1. The zero-order valence-electron chi connectivity index (χ0n) is 12.3. The monoisotopic (exact) mass is 338 g/mol. The predicted molar refractivity (Wildman–Crippen MR) is 73.8 cm³/mol. The van der Waals surface area contributed by atoms with Crippen LogP contribution in [0.2, 0.25) is 0 Å². The number of carbonyl (C=O) groups excluding carboxylic acids is 1. The Bertz CT molecular complexity index is 575. The maximum atomic E-state index is 12.9. The number of sulfonamides is 1. The summed E-state index contributed by atoms with van der Waals surface area (Å²) in [6.45, 7) is 1.87. The zero-order chi connectivity index (χ0) is 16.2. The van der Waals surface area contributed by atoms with Crippen molar-refractivity contribution in [2.45, 2.75) is 18.8 Å². The number of halogens is 2. The third-order valence-corrected chi connectivity index (χ3v) is 5.63. The summed E-state index contributed by atoms with van der Waals surface area (Å²) in [6.07, 6.45) is 0.332. The number of carbonyl (C=O) groups is 1. The van der Waals surface area contributed by atoms with Crippen molar-refractivity contribution < 1.29 is 26.7 Å². The standard InChI is InChI=1S/C13H20F2N2O4S/c1-22(19,20)16-6-12-7-17(4-10(12)5-21-8-12)11(18)9-2-13(14,15)3-9/h9-10,16H,2-8H2,1H3/t10-,12-/m1/s1. The molecule has 22 heavy (non-hydrogen) atoms. The summed E-state index contributed by atoms with van der Waals surface area (Å²) >= 11 is 0. The molecule has 2 atom stereocenters. The molecule has 0 aromatic heterocycles. The SMILES string of the molecule is CS(=O)(=O)NC[C@@]12COC[C@H]1CN(C(=O)C1CC(F)(F)C1)C2. The molecule has 0 spiro atoms. The minimum Gasteiger partial charge on any atom is -0.380 e. The van der Waals surface area contributed by atoms with E-state index in [2.05, 4.69) is 4.72 Å². The molecule has 0 unspecified atom stereocenters. The predicted octanol–water partition coefficient (Wildman–Crippen LogP) is 0.0559. The average molecular weight is 338 g/mol. The number of rotatable bonds is 4. The van der Waals surface area contributed by atoms with Gasteiger partial charge < -0.3 is 9.64 Å². The van der Waals surface area contributed by atoms with Crippen LogP contribution in [-0.4, -0.2) is 64.3 Å². The van der Waals surface area contributed by atoms with Gasteiger partial charge in [-0.25, -0.2) is 21.9 Å². The van der Waals surface area contributed by atoms with Crippen molar-refractivity contribution in [3.63, 3.8) is 0 Å². The van der Waals surface area contributed by atoms with Gasteiger partial charge in [-0.3, -0.25) is 4.79 Å². The molecular formula is C13H20F2N2O4S. The number of amides is 1. The lowest BCUT2D eigenvalue weighted by Gasteiger charge is -2.36. The number of ether oxygens (including phenoxy) is 1. The van der Waals surface area contributed by atoms with E-state index in [0.29, 0.717) is 26.3 Å². The first-order valence-corrected chi connectivity index (χ1v) is 9.18. The van der Waals surface area contributed by atoms with E-state index in [1.165, 1.54) is 0 Å². The highest BCUT2D eigenvalue weighted by Gasteiger charge is 2.55. The maximum absolute atomic E-state index is 12.9. The van der Waals surface area contributed by atoms with Gasteiger partial charge >= 0.3 is 0 Å². The summed E-state index contributed by atoms with van der Waals surface area (Å²) in [7, 11) is -3.33. The molecule has 2 heterocycles. The molecule has 0 radical (unpaired) electrons. The lowest BCUT2D eigenvalue weighted by molar-refractivity contribution is -0.159. The number of nitrogens with zero attached hydrogens (tertiary/aromatic N) is 1. The minimum atomic E-state index is -3.33. The molecule has 6 nitrogen and oxygen atoms in total. The van der Waals surface area contributed by atoms with E-state index in [0.717, 1.165) is 6.26 Å². The molecule has 3 fully saturated rings. The van der Waals surface area contributed by atoms with Crippen LogP contribution < -0.4 is 4.72 Å². The number of alkyl halides is 2. The zero-order valence-corrected chi connectivity index (χ0v) is 13.2. The average Bonchev–Trinajstić information content (AvgIpc) is 2.88. The van der Waals surface area contributed by atoms with Crippen molar-refractivity contribution >= 4 is 15.9 Å². The molecule has 126 valence electrons. The summed E-state index contributed by atoms with van der Waals surface area (Å²) in [5.41, 5.74) is -0.439.